The normalized spacial score (nSPS) is 31.8. The van der Waals surface area contributed by atoms with Crippen LogP contribution in [0.15, 0.2) is 11.4 Å². The van der Waals surface area contributed by atoms with Gasteiger partial charge in [0.15, 0.2) is 0 Å². The van der Waals surface area contributed by atoms with Crippen LogP contribution in [-0.4, -0.2) is 36.9 Å². The fourth-order valence-electron chi connectivity index (χ4n) is 5.86. The summed E-state index contributed by atoms with van der Waals surface area (Å²) < 4.78 is 5.61. The van der Waals surface area contributed by atoms with Gasteiger partial charge >= 0.3 is 0 Å². The monoisotopic (exact) mass is 377 g/mol. The second kappa shape index (κ2) is 8.55. The van der Waals surface area contributed by atoms with Gasteiger partial charge in [-0.15, -0.1) is 0 Å². The van der Waals surface area contributed by atoms with E-state index in [9.17, 15) is 0 Å². The molecule has 0 aromatic heterocycles. The van der Waals surface area contributed by atoms with Crippen molar-refractivity contribution in [1.29, 1.82) is 5.41 Å². The predicted octanol–water partition coefficient (Wildman–Crippen LogP) is 5.19. The molecule has 1 saturated carbocycles. The van der Waals surface area contributed by atoms with Crippen molar-refractivity contribution in [3.63, 3.8) is 0 Å². The minimum absolute atomic E-state index is 0.278. The van der Waals surface area contributed by atoms with Crippen LogP contribution in [0.3, 0.4) is 0 Å². The fraction of sp³-hybridized carbons (Fsp3) is 0.870. The van der Waals surface area contributed by atoms with E-state index in [1.807, 2.05) is 14.0 Å². The summed E-state index contributed by atoms with van der Waals surface area (Å²) in [6.45, 7) is 15.4. The van der Waals surface area contributed by atoms with Gasteiger partial charge < -0.3 is 20.8 Å². The zero-order valence-corrected chi connectivity index (χ0v) is 18.8. The molecule has 4 atom stereocenters. The molecule has 1 fully saturated rings. The van der Waals surface area contributed by atoms with Crippen molar-refractivity contribution < 1.29 is 4.74 Å². The summed E-state index contributed by atoms with van der Waals surface area (Å²) in [7, 11) is 1.83. The molecule has 0 bridgehead atoms. The third-order valence-corrected chi connectivity index (χ3v) is 6.71. The number of hydrogen-bond donors (Lipinski definition) is 2. The van der Waals surface area contributed by atoms with Crippen LogP contribution in [-0.2, 0) is 4.74 Å². The van der Waals surface area contributed by atoms with Crippen LogP contribution in [0.2, 0.25) is 0 Å². The van der Waals surface area contributed by atoms with Gasteiger partial charge in [0.2, 0.25) is 0 Å². The standard InChI is InChI=1S/C23H43N3O/c1-8-9-10-17-13-26(21(25)20(17)16(2)24)19-11-18(14-27-7)23(6,12-19)15-22(3,4)5/h17-19,24H,8-15,25H2,1-7H3/t17?,18-,19?,23-/m1/s1. The number of methoxy groups -OCH3 is 1. The summed E-state index contributed by atoms with van der Waals surface area (Å²) >= 11 is 0. The van der Waals surface area contributed by atoms with Gasteiger partial charge in [-0.1, -0.05) is 47.5 Å². The van der Waals surface area contributed by atoms with E-state index in [-0.39, 0.29) is 5.41 Å². The highest BCUT2D eigenvalue weighted by Crippen LogP contribution is 2.52. The van der Waals surface area contributed by atoms with Crippen molar-refractivity contribution in [2.45, 2.75) is 86.1 Å². The molecule has 3 N–H and O–H groups in total. The molecule has 1 heterocycles. The number of nitrogens with one attached hydrogen (secondary N) is 1. The molecule has 27 heavy (non-hydrogen) atoms. The van der Waals surface area contributed by atoms with Crippen LogP contribution in [0.5, 0.6) is 0 Å². The van der Waals surface area contributed by atoms with Crippen LogP contribution in [0, 0.1) is 28.1 Å². The highest BCUT2D eigenvalue weighted by atomic mass is 16.5. The van der Waals surface area contributed by atoms with Crippen molar-refractivity contribution in [3.8, 4) is 0 Å². The molecule has 0 aromatic carbocycles. The van der Waals surface area contributed by atoms with Crippen molar-refractivity contribution >= 4 is 5.71 Å². The predicted molar refractivity (Wildman–Crippen MR) is 115 cm³/mol. The quantitative estimate of drug-likeness (QED) is 0.572. The summed E-state index contributed by atoms with van der Waals surface area (Å²) in [5.74, 6) is 1.88. The van der Waals surface area contributed by atoms with Crippen molar-refractivity contribution in [2.24, 2.45) is 28.4 Å². The minimum atomic E-state index is 0.278. The maximum Gasteiger partial charge on any atom is 0.104 e. The zero-order chi connectivity index (χ0) is 20.4. The van der Waals surface area contributed by atoms with Gasteiger partial charge in [-0.25, -0.2) is 0 Å². The maximum absolute atomic E-state index is 8.27. The number of nitrogens with zero attached hydrogens (tertiary/aromatic N) is 1. The average Bonchev–Trinajstić information content (AvgIpc) is 3.01. The number of rotatable bonds is 8. The molecule has 2 rings (SSSR count). The molecular weight excluding hydrogens is 334 g/mol. The summed E-state index contributed by atoms with van der Waals surface area (Å²) in [4.78, 5) is 2.45. The lowest BCUT2D eigenvalue weighted by molar-refractivity contribution is 0.0630. The molecule has 4 nitrogen and oxygen atoms in total. The van der Waals surface area contributed by atoms with E-state index in [2.05, 4.69) is 39.5 Å². The smallest absolute Gasteiger partial charge is 0.104 e. The minimum Gasteiger partial charge on any atom is -0.385 e. The first-order valence-electron chi connectivity index (χ1n) is 10.8. The van der Waals surface area contributed by atoms with Crippen molar-refractivity contribution in [1.82, 2.24) is 4.90 Å². The van der Waals surface area contributed by atoms with E-state index in [0.717, 1.165) is 37.4 Å². The maximum atomic E-state index is 8.27. The molecule has 4 heteroatoms. The Balaban J connectivity index is 2.23. The number of nitrogens with two attached hydrogens (primary N) is 1. The van der Waals surface area contributed by atoms with E-state index < -0.39 is 0 Å². The second-order valence-corrected chi connectivity index (χ2v) is 10.6. The van der Waals surface area contributed by atoms with Crippen molar-refractivity contribution in [3.05, 3.63) is 11.4 Å². The van der Waals surface area contributed by atoms with Gasteiger partial charge in [0.05, 0.1) is 0 Å². The molecule has 0 spiro atoms. The molecule has 0 amide bonds. The summed E-state index contributed by atoms with van der Waals surface area (Å²) in [5.41, 5.74) is 8.98. The molecule has 0 saturated heterocycles. The third-order valence-electron chi connectivity index (χ3n) is 6.71. The number of unbranched alkanes of at least 4 members (excludes halogenated alkanes) is 1. The van der Waals surface area contributed by atoms with E-state index in [1.54, 1.807) is 0 Å². The Morgan fingerprint density at radius 2 is 2.04 bits per heavy atom. The van der Waals surface area contributed by atoms with Crippen LogP contribution in [0.4, 0.5) is 0 Å². The van der Waals surface area contributed by atoms with E-state index in [4.69, 9.17) is 15.9 Å². The summed E-state index contributed by atoms with van der Waals surface area (Å²) in [5, 5.41) is 8.27. The highest BCUT2D eigenvalue weighted by molar-refractivity contribution is 5.97. The summed E-state index contributed by atoms with van der Waals surface area (Å²) in [6.07, 6.45) is 7.07. The van der Waals surface area contributed by atoms with Crippen LogP contribution >= 0.6 is 0 Å². The lowest BCUT2D eigenvalue weighted by atomic mass is 9.69. The first-order valence-corrected chi connectivity index (χ1v) is 10.8. The van der Waals surface area contributed by atoms with Crippen LogP contribution in [0.1, 0.15) is 80.1 Å². The third kappa shape index (κ3) is 5.07. The van der Waals surface area contributed by atoms with Gasteiger partial charge in [-0.3, -0.25) is 0 Å². The van der Waals surface area contributed by atoms with Crippen LogP contribution < -0.4 is 5.73 Å². The fourth-order valence-corrected chi connectivity index (χ4v) is 5.86. The average molecular weight is 378 g/mol. The largest absolute Gasteiger partial charge is 0.385 e. The molecule has 156 valence electrons. The molecule has 0 aromatic rings. The zero-order valence-electron chi connectivity index (χ0n) is 18.8. The highest BCUT2D eigenvalue weighted by Gasteiger charge is 2.49. The number of ether oxygens (including phenoxy) is 1. The SMILES string of the molecule is CCCCC1CN(C2C[C@H](COC)[C@@](C)(CC(C)(C)C)C2)C(N)=C1C(C)=N. The first kappa shape index (κ1) is 22.3. The number of hydrogen-bond acceptors (Lipinski definition) is 4. The van der Waals surface area contributed by atoms with Crippen LogP contribution in [0.25, 0.3) is 0 Å². The lowest BCUT2D eigenvalue weighted by Gasteiger charge is -2.37. The second-order valence-electron chi connectivity index (χ2n) is 10.6. The van der Waals surface area contributed by atoms with Gasteiger partial charge in [0.1, 0.15) is 5.82 Å². The molecule has 1 aliphatic heterocycles. The van der Waals surface area contributed by atoms with Gasteiger partial charge in [-0.2, -0.15) is 0 Å². The topological polar surface area (TPSA) is 62.3 Å². The molecule has 2 aliphatic rings. The van der Waals surface area contributed by atoms with Crippen molar-refractivity contribution in [2.75, 3.05) is 20.3 Å². The first-order chi connectivity index (χ1) is 12.5. The molecule has 0 radical (unpaired) electrons. The van der Waals surface area contributed by atoms with E-state index in [0.29, 0.717) is 29.0 Å². The Kier molecular flexibility index (Phi) is 7.05. The molecule has 1 aliphatic carbocycles. The van der Waals surface area contributed by atoms with E-state index in [1.165, 1.54) is 25.7 Å². The Labute approximate surface area is 167 Å². The van der Waals surface area contributed by atoms with Gasteiger partial charge in [0, 0.05) is 43.5 Å². The summed E-state index contributed by atoms with van der Waals surface area (Å²) in [6, 6.07) is 0.471. The Hall–Kier alpha value is -1.03. The Bertz CT molecular complexity index is 562. The molecule has 2 unspecified atom stereocenters. The molecular formula is C23H43N3O. The Morgan fingerprint density at radius 1 is 1.37 bits per heavy atom. The van der Waals surface area contributed by atoms with Gasteiger partial charge in [0.25, 0.3) is 0 Å². The Morgan fingerprint density at radius 3 is 2.56 bits per heavy atom. The lowest BCUT2D eigenvalue weighted by Crippen LogP contribution is -2.36. The van der Waals surface area contributed by atoms with E-state index >= 15 is 0 Å². The van der Waals surface area contributed by atoms with Gasteiger partial charge in [-0.05, 0) is 49.4 Å².